The van der Waals surface area contributed by atoms with Gasteiger partial charge >= 0.3 is 51.0 Å². The second-order valence-electron chi connectivity index (χ2n) is 15.9. The summed E-state index contributed by atoms with van der Waals surface area (Å²) in [7, 11) is -1.04. The van der Waals surface area contributed by atoms with Crippen LogP contribution in [0.25, 0.3) is 0 Å². The maximum absolute atomic E-state index is 4.26. The number of hydrogen-bond donors (Lipinski definition) is 8. The molecule has 44 heavy (non-hydrogen) atoms. The van der Waals surface area contributed by atoms with E-state index >= 15 is 0 Å². The van der Waals surface area contributed by atoms with Crippen LogP contribution < -0.4 is 42.5 Å². The van der Waals surface area contributed by atoms with Gasteiger partial charge in [-0.2, -0.15) is 0 Å². The second kappa shape index (κ2) is 14.5. The van der Waals surface area contributed by atoms with Gasteiger partial charge in [0.25, 0.3) is 0 Å². The zero-order valence-electron chi connectivity index (χ0n) is 26.3. The van der Waals surface area contributed by atoms with Crippen LogP contribution in [0.15, 0.2) is 0 Å². The first-order valence-electron chi connectivity index (χ1n) is 18.5. The van der Waals surface area contributed by atoms with E-state index in [1.807, 2.05) is 0 Å². The first kappa shape index (κ1) is 32.9. The molecule has 0 aromatic heterocycles. The van der Waals surface area contributed by atoms with E-state index in [1.165, 1.54) is 103 Å². The van der Waals surface area contributed by atoms with Crippen molar-refractivity contribution in [3.05, 3.63) is 0 Å². The molecule has 0 aromatic carbocycles. The molecule has 8 atom stereocenters. The van der Waals surface area contributed by atoms with Gasteiger partial charge in [-0.15, -0.1) is 0 Å². The predicted octanol–water partition coefficient (Wildman–Crippen LogP) is 4.76. The van der Waals surface area contributed by atoms with Gasteiger partial charge in [0, 0.05) is 0 Å². The van der Waals surface area contributed by atoms with Gasteiger partial charge < -0.3 is 0 Å². The van der Waals surface area contributed by atoms with Gasteiger partial charge in [0.05, 0.1) is 49.3 Å². The molecule has 9 fully saturated rings. The van der Waals surface area contributed by atoms with E-state index in [4.69, 9.17) is 0 Å². The maximum atomic E-state index is 4.26. The summed E-state index contributed by atoms with van der Waals surface area (Å²) in [5.41, 5.74) is 0. The average molecular weight is 862 g/mol. The van der Waals surface area contributed by atoms with E-state index in [9.17, 15) is 0 Å². The van der Waals surface area contributed by atoms with Crippen molar-refractivity contribution in [2.24, 2.45) is 47.3 Å². The average Bonchev–Trinajstić information content (AvgIpc) is 3.76. The molecule has 9 aliphatic rings. The first-order chi connectivity index (χ1) is 21.5. The molecule has 4 aliphatic carbocycles. The number of fused-ring (bicyclic) bond motifs is 20. The fraction of sp³-hybridized carbons (Fsp3) is 1.00. The molecule has 5 aliphatic heterocycles. The summed E-state index contributed by atoms with van der Waals surface area (Å²) >= 11 is 9.88. The summed E-state index contributed by atoms with van der Waals surface area (Å²) in [4.78, 5) is 0. The third-order valence-corrected chi connectivity index (χ3v) is 13.8. The Bertz CT molecular complexity index is 773. The van der Waals surface area contributed by atoms with Gasteiger partial charge in [-0.05, 0) is 98.7 Å². The van der Waals surface area contributed by atoms with Crippen LogP contribution in [0.3, 0.4) is 0 Å². The van der Waals surface area contributed by atoms with Gasteiger partial charge in [0.2, 0.25) is 0 Å². The van der Waals surface area contributed by atoms with E-state index < -0.39 is 10.3 Å². The zero-order valence-corrected chi connectivity index (χ0v) is 33.4. The molecule has 0 radical (unpaired) electrons. The molecule has 8 nitrogen and oxygen atoms in total. The SMILES string of the molecule is C1CCC2C3NC(NC4NC(NC5NC(NC6NC(N3)C3CCCCC63)C3CCCCC53)C3CCCCC43)C2C1.[Br][Ga]([Br])[Br]. The van der Waals surface area contributed by atoms with E-state index in [0.29, 0.717) is 49.3 Å². The van der Waals surface area contributed by atoms with Crippen molar-refractivity contribution in [1.82, 2.24) is 42.5 Å². The second-order valence-corrected chi connectivity index (χ2v) is 50.3. The van der Waals surface area contributed by atoms with E-state index in [1.54, 1.807) is 0 Å². The molecule has 12 heteroatoms. The molecular formula is C32H56Br3GaN8. The van der Waals surface area contributed by atoms with Crippen LogP contribution in [-0.4, -0.2) is 59.6 Å². The summed E-state index contributed by atoms with van der Waals surface area (Å²) < 4.78 is 0. The third kappa shape index (κ3) is 6.64. The van der Waals surface area contributed by atoms with Crippen LogP contribution in [0.5, 0.6) is 0 Å². The van der Waals surface area contributed by atoms with Gasteiger partial charge in [-0.3, -0.25) is 42.5 Å². The van der Waals surface area contributed by atoms with Crippen LogP contribution in [-0.2, 0) is 0 Å². The molecule has 4 saturated carbocycles. The van der Waals surface area contributed by atoms with Gasteiger partial charge in [0.15, 0.2) is 0 Å². The quantitative estimate of drug-likeness (QED) is 0.166. The van der Waals surface area contributed by atoms with Crippen molar-refractivity contribution in [2.75, 3.05) is 0 Å². The van der Waals surface area contributed by atoms with E-state index in [2.05, 4.69) is 83.2 Å². The van der Waals surface area contributed by atoms with Crippen LogP contribution >= 0.6 is 40.7 Å². The zero-order chi connectivity index (χ0) is 29.8. The molecule has 8 bridgehead atoms. The molecule has 8 N–H and O–H groups in total. The Morgan fingerprint density at radius 2 is 0.386 bits per heavy atom. The van der Waals surface area contributed by atoms with Crippen LogP contribution in [0.1, 0.15) is 103 Å². The van der Waals surface area contributed by atoms with Crippen molar-refractivity contribution >= 4 is 51.0 Å². The summed E-state index contributed by atoms with van der Waals surface area (Å²) in [6, 6.07) is 0. The van der Waals surface area contributed by atoms with E-state index in [-0.39, 0.29) is 0 Å². The summed E-state index contributed by atoms with van der Waals surface area (Å²) in [5.74, 6) is 5.97. The molecule has 0 spiro atoms. The fourth-order valence-electron chi connectivity index (χ4n) is 12.0. The number of hydrogen-bond acceptors (Lipinski definition) is 8. The number of halogens is 3. The molecule has 5 heterocycles. The minimum atomic E-state index is -1.04. The van der Waals surface area contributed by atoms with Gasteiger partial charge in [-0.1, -0.05) is 51.4 Å². The molecule has 8 unspecified atom stereocenters. The molecule has 5 saturated heterocycles. The fourth-order valence-corrected chi connectivity index (χ4v) is 12.0. The Morgan fingerprint density at radius 3 is 0.500 bits per heavy atom. The Hall–Kier alpha value is 1.76. The van der Waals surface area contributed by atoms with Crippen molar-refractivity contribution in [3.63, 3.8) is 0 Å². The van der Waals surface area contributed by atoms with E-state index in [0.717, 1.165) is 47.3 Å². The van der Waals surface area contributed by atoms with Crippen LogP contribution in [0.4, 0.5) is 0 Å². The van der Waals surface area contributed by atoms with Crippen molar-refractivity contribution in [2.45, 2.75) is 152 Å². The van der Waals surface area contributed by atoms with Gasteiger partial charge in [-0.25, -0.2) is 0 Å². The normalized spacial score (nSPS) is 53.0. The Labute approximate surface area is 290 Å². The van der Waals surface area contributed by atoms with Crippen molar-refractivity contribution in [1.29, 1.82) is 0 Å². The van der Waals surface area contributed by atoms with Crippen LogP contribution in [0.2, 0.25) is 0 Å². The number of nitrogens with one attached hydrogen (secondary N) is 8. The predicted molar refractivity (Wildman–Crippen MR) is 190 cm³/mol. The van der Waals surface area contributed by atoms with Crippen molar-refractivity contribution < 1.29 is 0 Å². The Kier molecular flexibility index (Phi) is 10.9. The van der Waals surface area contributed by atoms with Crippen molar-refractivity contribution in [3.8, 4) is 0 Å². The Balaban J connectivity index is 0.000000684. The molecule has 0 aromatic rings. The summed E-state index contributed by atoms with van der Waals surface area (Å²) in [6.07, 6.45) is 25.6. The third-order valence-electron chi connectivity index (χ3n) is 13.8. The number of rotatable bonds is 0. The van der Waals surface area contributed by atoms with Gasteiger partial charge in [0.1, 0.15) is 0 Å². The Morgan fingerprint density at radius 1 is 0.273 bits per heavy atom. The first-order valence-corrected chi connectivity index (χ1v) is 35.6. The molecule has 248 valence electrons. The standard InChI is InChI=1S/C32H56N8.3BrH.Ga/c1-2-10-18-17(9-1)25-33-26(18)38-28-21-13-5-6-14-22(21)30(35-28)40-32-24-16-8-7-15-23(24)31(36-32)39-29-20-12-4-3-11-19(20)27(34-29)37-25;;;;/h17-40H,1-16H2;3*1H;/q;;;;+3/p-3. The minimum absolute atomic E-state index is 0.420. The summed E-state index contributed by atoms with van der Waals surface area (Å²) in [6.45, 7) is 0. The molecule has 9 rings (SSSR count). The monoisotopic (exact) mass is 858 g/mol. The molecule has 0 amide bonds. The topological polar surface area (TPSA) is 96.2 Å². The summed E-state index contributed by atoms with van der Waals surface area (Å²) in [5, 5.41) is 33.8. The molecular weight excluding hydrogens is 806 g/mol. The van der Waals surface area contributed by atoms with Crippen LogP contribution in [0, 0.1) is 47.3 Å².